The highest BCUT2D eigenvalue weighted by Gasteiger charge is 2.04. The number of benzene rings is 1. The fourth-order valence-electron chi connectivity index (χ4n) is 1.60. The highest BCUT2D eigenvalue weighted by atomic mass is 32.1. The molecule has 0 saturated heterocycles. The zero-order valence-electron chi connectivity index (χ0n) is 9.34. The lowest BCUT2D eigenvalue weighted by molar-refractivity contribution is 0.755. The van der Waals surface area contributed by atoms with Crippen LogP contribution in [0.5, 0.6) is 0 Å². The van der Waals surface area contributed by atoms with Crippen molar-refractivity contribution in [1.29, 1.82) is 0 Å². The largest absolute Gasteiger partial charge is 0.389 e. The SMILES string of the molecule is Cc1csc(=O)n1Cc1cccc(C(N)=S)c1. The predicted octanol–water partition coefficient (Wildman–Crippen LogP) is 1.90. The number of thiocarbonyl (C=S) groups is 1. The minimum Gasteiger partial charge on any atom is -0.389 e. The fraction of sp³-hybridized carbons (Fsp3) is 0.167. The Morgan fingerprint density at radius 1 is 1.53 bits per heavy atom. The van der Waals surface area contributed by atoms with Crippen molar-refractivity contribution in [2.24, 2.45) is 5.73 Å². The van der Waals surface area contributed by atoms with Gasteiger partial charge in [0.15, 0.2) is 0 Å². The van der Waals surface area contributed by atoms with Crippen molar-refractivity contribution in [1.82, 2.24) is 4.57 Å². The van der Waals surface area contributed by atoms with Crippen LogP contribution in [0.15, 0.2) is 34.4 Å². The highest BCUT2D eigenvalue weighted by Crippen LogP contribution is 2.09. The number of hydrogen-bond acceptors (Lipinski definition) is 3. The van der Waals surface area contributed by atoms with Gasteiger partial charge in [0.2, 0.25) is 0 Å². The minimum atomic E-state index is 0.0585. The number of rotatable bonds is 3. The van der Waals surface area contributed by atoms with Crippen LogP contribution in [0.2, 0.25) is 0 Å². The molecular formula is C12H12N2OS2. The Balaban J connectivity index is 2.34. The molecule has 0 spiro atoms. The van der Waals surface area contributed by atoms with E-state index in [1.807, 2.05) is 36.6 Å². The average molecular weight is 264 g/mol. The van der Waals surface area contributed by atoms with E-state index in [4.69, 9.17) is 18.0 Å². The van der Waals surface area contributed by atoms with E-state index in [1.165, 1.54) is 11.3 Å². The first-order valence-electron chi connectivity index (χ1n) is 5.11. The van der Waals surface area contributed by atoms with Crippen LogP contribution in [0, 0.1) is 6.92 Å². The molecule has 0 radical (unpaired) electrons. The van der Waals surface area contributed by atoms with E-state index in [2.05, 4.69) is 0 Å². The molecule has 2 aromatic rings. The summed E-state index contributed by atoms with van der Waals surface area (Å²) in [7, 11) is 0. The number of nitrogens with zero attached hydrogens (tertiary/aromatic N) is 1. The van der Waals surface area contributed by atoms with Crippen LogP contribution >= 0.6 is 23.6 Å². The van der Waals surface area contributed by atoms with Gasteiger partial charge in [0.05, 0.1) is 6.54 Å². The van der Waals surface area contributed by atoms with Gasteiger partial charge in [-0.3, -0.25) is 9.36 Å². The zero-order valence-corrected chi connectivity index (χ0v) is 11.0. The molecule has 0 atom stereocenters. The Morgan fingerprint density at radius 2 is 2.29 bits per heavy atom. The van der Waals surface area contributed by atoms with E-state index in [0.717, 1.165) is 16.8 Å². The van der Waals surface area contributed by atoms with Gasteiger partial charge in [-0.15, -0.1) is 0 Å². The Labute approximate surface area is 109 Å². The topological polar surface area (TPSA) is 48.0 Å². The number of nitrogens with two attached hydrogens (primary N) is 1. The Morgan fingerprint density at radius 3 is 2.88 bits per heavy atom. The maximum atomic E-state index is 11.6. The van der Waals surface area contributed by atoms with Gasteiger partial charge in [0.1, 0.15) is 4.99 Å². The summed E-state index contributed by atoms with van der Waals surface area (Å²) in [6, 6.07) is 7.66. The summed E-state index contributed by atoms with van der Waals surface area (Å²) in [5, 5.41) is 1.86. The summed E-state index contributed by atoms with van der Waals surface area (Å²) in [6.45, 7) is 2.49. The molecule has 0 saturated carbocycles. The Hall–Kier alpha value is -1.46. The van der Waals surface area contributed by atoms with E-state index >= 15 is 0 Å². The van der Waals surface area contributed by atoms with Crippen molar-refractivity contribution in [3.63, 3.8) is 0 Å². The van der Waals surface area contributed by atoms with Crippen LogP contribution in [0.4, 0.5) is 0 Å². The minimum absolute atomic E-state index is 0.0585. The molecule has 1 aromatic carbocycles. The van der Waals surface area contributed by atoms with Gasteiger partial charge in [-0.05, 0) is 18.6 Å². The molecule has 0 aliphatic rings. The molecule has 0 bridgehead atoms. The molecule has 2 rings (SSSR count). The lowest BCUT2D eigenvalue weighted by atomic mass is 10.1. The Kier molecular flexibility index (Phi) is 3.40. The number of aryl methyl sites for hydroxylation is 1. The lowest BCUT2D eigenvalue weighted by Gasteiger charge is -2.06. The van der Waals surface area contributed by atoms with E-state index in [1.54, 1.807) is 4.57 Å². The lowest BCUT2D eigenvalue weighted by Crippen LogP contribution is -2.16. The highest BCUT2D eigenvalue weighted by molar-refractivity contribution is 7.80. The van der Waals surface area contributed by atoms with E-state index < -0.39 is 0 Å². The molecule has 0 amide bonds. The third-order valence-corrected chi connectivity index (χ3v) is 3.65. The van der Waals surface area contributed by atoms with Gasteiger partial charge in [0, 0.05) is 16.6 Å². The molecule has 0 aliphatic carbocycles. The third-order valence-electron chi connectivity index (χ3n) is 2.53. The van der Waals surface area contributed by atoms with Crippen LogP contribution in [0.1, 0.15) is 16.8 Å². The van der Waals surface area contributed by atoms with Gasteiger partial charge < -0.3 is 5.73 Å². The second kappa shape index (κ2) is 4.81. The average Bonchev–Trinajstić information content (AvgIpc) is 2.61. The first-order chi connectivity index (χ1) is 8.08. The summed E-state index contributed by atoms with van der Waals surface area (Å²) in [5.41, 5.74) is 8.41. The molecule has 2 N–H and O–H groups in total. The van der Waals surface area contributed by atoms with Gasteiger partial charge >= 0.3 is 4.87 Å². The molecule has 1 heterocycles. The van der Waals surface area contributed by atoms with Crippen molar-refractivity contribution in [3.05, 3.63) is 56.1 Å². The number of hydrogen-bond donors (Lipinski definition) is 1. The maximum Gasteiger partial charge on any atom is 0.307 e. The molecule has 5 heteroatoms. The van der Waals surface area contributed by atoms with Crippen LogP contribution in [-0.4, -0.2) is 9.56 Å². The molecule has 0 unspecified atom stereocenters. The van der Waals surface area contributed by atoms with Crippen molar-refractivity contribution < 1.29 is 0 Å². The summed E-state index contributed by atoms with van der Waals surface area (Å²) in [4.78, 5) is 12.0. The standard InChI is InChI=1S/C12H12N2OS2/c1-8-7-17-12(15)14(8)6-9-3-2-4-10(5-9)11(13)16/h2-5,7H,6H2,1H3,(H2,13,16). The van der Waals surface area contributed by atoms with Crippen molar-refractivity contribution in [2.75, 3.05) is 0 Å². The first kappa shape index (κ1) is 12.0. The van der Waals surface area contributed by atoms with E-state index in [-0.39, 0.29) is 4.87 Å². The zero-order chi connectivity index (χ0) is 12.4. The maximum absolute atomic E-state index is 11.6. The monoisotopic (exact) mass is 264 g/mol. The second-order valence-electron chi connectivity index (χ2n) is 3.79. The fourth-order valence-corrected chi connectivity index (χ4v) is 2.46. The van der Waals surface area contributed by atoms with E-state index in [9.17, 15) is 4.79 Å². The van der Waals surface area contributed by atoms with Gasteiger partial charge in [-0.25, -0.2) is 0 Å². The molecule has 17 heavy (non-hydrogen) atoms. The van der Waals surface area contributed by atoms with Crippen LogP contribution < -0.4 is 10.6 Å². The molecule has 88 valence electrons. The normalized spacial score (nSPS) is 10.4. The van der Waals surface area contributed by atoms with Gasteiger partial charge in [-0.2, -0.15) is 0 Å². The van der Waals surface area contributed by atoms with Gasteiger partial charge in [0.25, 0.3) is 0 Å². The number of thiazole rings is 1. The Bertz CT molecular complexity index is 613. The molecule has 3 nitrogen and oxygen atoms in total. The summed E-state index contributed by atoms with van der Waals surface area (Å²) in [6.07, 6.45) is 0. The summed E-state index contributed by atoms with van der Waals surface area (Å²) in [5.74, 6) is 0. The van der Waals surface area contributed by atoms with Gasteiger partial charge in [-0.1, -0.05) is 41.8 Å². The molecule has 0 aliphatic heterocycles. The number of aromatic nitrogens is 1. The smallest absolute Gasteiger partial charge is 0.307 e. The van der Waals surface area contributed by atoms with Crippen molar-refractivity contribution in [3.8, 4) is 0 Å². The van der Waals surface area contributed by atoms with E-state index in [0.29, 0.717) is 11.5 Å². The van der Waals surface area contributed by atoms with Crippen molar-refractivity contribution >= 4 is 28.5 Å². The third kappa shape index (κ3) is 2.62. The predicted molar refractivity (Wildman–Crippen MR) is 74.7 cm³/mol. The quantitative estimate of drug-likeness (QED) is 0.861. The molecule has 0 fully saturated rings. The molecular weight excluding hydrogens is 252 g/mol. The van der Waals surface area contributed by atoms with Crippen LogP contribution in [-0.2, 0) is 6.54 Å². The van der Waals surface area contributed by atoms with Crippen molar-refractivity contribution in [2.45, 2.75) is 13.5 Å². The van der Waals surface area contributed by atoms with Crippen LogP contribution in [0.25, 0.3) is 0 Å². The van der Waals surface area contributed by atoms with Crippen LogP contribution in [0.3, 0.4) is 0 Å². The summed E-state index contributed by atoms with van der Waals surface area (Å²) >= 11 is 6.15. The second-order valence-corrected chi connectivity index (χ2v) is 5.05. The molecule has 1 aromatic heterocycles. The summed E-state index contributed by atoms with van der Waals surface area (Å²) < 4.78 is 1.74. The first-order valence-corrected chi connectivity index (χ1v) is 6.40.